The third kappa shape index (κ3) is 26.4. The van der Waals surface area contributed by atoms with Crippen LogP contribution in [0.15, 0.2) is 44.3 Å². The van der Waals surface area contributed by atoms with Crippen molar-refractivity contribution in [3.63, 3.8) is 0 Å². The van der Waals surface area contributed by atoms with Crippen LogP contribution in [-0.2, 0) is 86.9 Å². The van der Waals surface area contributed by atoms with E-state index in [9.17, 15) is 48.8 Å². The predicted molar refractivity (Wildman–Crippen MR) is 301 cm³/mol. The first kappa shape index (κ1) is 72.8. The van der Waals surface area contributed by atoms with Crippen molar-refractivity contribution in [3.05, 3.63) is 64.4 Å². The predicted octanol–water partition coefficient (Wildman–Crippen LogP) is 2.67. The van der Waals surface area contributed by atoms with Crippen molar-refractivity contribution >= 4 is 67.5 Å². The number of nitrogens with zero attached hydrogens (tertiary/aromatic N) is 4. The number of nitrogens with two attached hydrogens (primary N) is 2. The number of allylic oxidation sites excluding steroid dienone is 1. The van der Waals surface area contributed by atoms with E-state index >= 15 is 0 Å². The van der Waals surface area contributed by atoms with Gasteiger partial charge in [0.25, 0.3) is 5.91 Å². The number of aliphatic imine (C=N–C) groups is 1. The van der Waals surface area contributed by atoms with Crippen LogP contribution in [0.4, 0.5) is 23.2 Å². The van der Waals surface area contributed by atoms with E-state index in [-0.39, 0.29) is 89.1 Å². The quantitative estimate of drug-likeness (QED) is 0.0108. The van der Waals surface area contributed by atoms with E-state index in [1.54, 1.807) is 31.2 Å². The molecule has 484 valence electrons. The molecule has 0 spiro atoms. The van der Waals surface area contributed by atoms with Gasteiger partial charge in [-0.3, -0.25) is 23.8 Å². The van der Waals surface area contributed by atoms with Crippen molar-refractivity contribution in [2.24, 2.45) is 26.8 Å². The lowest BCUT2D eigenvalue weighted by Crippen LogP contribution is -2.53. The molecule has 4 rings (SSSR count). The summed E-state index contributed by atoms with van der Waals surface area (Å²) in [6.07, 6.45) is 4.49. The SMILES string of the molecule is CCCN(OCC)C(=O)C1=Cc2ccc(C(C=NS(=O)(=O)N3CC(CNC(=O)CCOCCOCCOCCOCCOCCOCCOCCOCCOCCOCCC(=O)Oc4c(F)c(F)c(S(=O)(=O)O)c(F)c4F)C3)=CN)cc2N=C(N)C1. The molecule has 2 aromatic carbocycles. The van der Waals surface area contributed by atoms with Gasteiger partial charge >= 0.3 is 26.3 Å². The molecule has 0 aromatic heterocycles. The minimum absolute atomic E-state index is 0.00928. The molecule has 1 fully saturated rings. The Morgan fingerprint density at radius 3 is 1.63 bits per heavy atom. The van der Waals surface area contributed by atoms with Gasteiger partial charge in [-0.1, -0.05) is 19.1 Å². The molecule has 1 saturated heterocycles. The number of hydrogen-bond acceptors (Lipinski definition) is 22. The molecule has 2 amide bonds. The number of rotatable bonds is 46. The summed E-state index contributed by atoms with van der Waals surface area (Å²) < 4.78 is 176. The molecule has 0 saturated carbocycles. The highest BCUT2D eigenvalue weighted by atomic mass is 32.2. The summed E-state index contributed by atoms with van der Waals surface area (Å²) in [4.78, 5) is 45.2. The van der Waals surface area contributed by atoms with E-state index in [1.807, 2.05) is 6.92 Å². The van der Waals surface area contributed by atoms with E-state index in [2.05, 4.69) is 19.4 Å². The van der Waals surface area contributed by atoms with E-state index in [0.717, 1.165) is 0 Å². The Kier molecular flexibility index (Phi) is 33.9. The number of halogens is 4. The molecule has 2 aliphatic rings. The number of amidine groups is 1. The van der Waals surface area contributed by atoms with E-state index in [1.165, 1.54) is 21.8 Å². The summed E-state index contributed by atoms with van der Waals surface area (Å²) in [5.74, 6) is -13.1. The molecule has 0 atom stereocenters. The Bertz CT molecular complexity index is 2780. The van der Waals surface area contributed by atoms with Crippen LogP contribution in [-0.4, -0.2) is 226 Å². The van der Waals surface area contributed by atoms with Gasteiger partial charge in [-0.05, 0) is 31.1 Å². The summed E-state index contributed by atoms with van der Waals surface area (Å²) in [5.41, 5.74) is 14.5. The van der Waals surface area contributed by atoms with Crippen molar-refractivity contribution in [1.29, 1.82) is 0 Å². The zero-order chi connectivity index (χ0) is 62.7. The van der Waals surface area contributed by atoms with E-state index in [0.29, 0.717) is 147 Å². The standard InChI is InChI=1S/C53H77F4N7O20S2/c1-3-9-64(83-4-2)53(67)41-30-40-6-5-39(31-43(40)62-44(59)32-41)42(33-58)35-61-86(71,72)63-36-38(37-63)34-60-45(65)7-10-73-12-14-75-16-18-77-20-22-79-24-26-81-28-29-82-27-25-80-23-21-78-19-17-76-15-13-74-11-8-46(66)84-51-47(54)49(56)52(85(68,69)70)50(57)48(51)55/h5-6,30-31,33,35,38H,3-4,7-29,32,34,36-37,58H2,1-2H3,(H2,59,62)(H,60,65)(H,68,69,70). The van der Waals surface area contributed by atoms with Gasteiger partial charge in [0.2, 0.25) is 23.3 Å². The van der Waals surface area contributed by atoms with Crippen LogP contribution in [0.3, 0.4) is 0 Å². The number of ether oxygens (including phenoxy) is 11. The Morgan fingerprint density at radius 1 is 0.721 bits per heavy atom. The third-order valence-corrected chi connectivity index (χ3v) is 14.0. The molecular weight excluding hydrogens is 1190 g/mol. The summed E-state index contributed by atoms with van der Waals surface area (Å²) in [5, 5.41) is 4.13. The molecular formula is C53H77F4N7O20S2. The molecule has 2 aliphatic heterocycles. The van der Waals surface area contributed by atoms with Gasteiger partial charge in [0.1, 0.15) is 5.84 Å². The Balaban J connectivity index is 0.868. The van der Waals surface area contributed by atoms with Crippen LogP contribution >= 0.6 is 0 Å². The van der Waals surface area contributed by atoms with Crippen molar-refractivity contribution in [3.8, 4) is 5.75 Å². The van der Waals surface area contributed by atoms with Gasteiger partial charge in [-0.15, -0.1) is 0 Å². The lowest BCUT2D eigenvalue weighted by Gasteiger charge is -2.36. The van der Waals surface area contributed by atoms with Crippen molar-refractivity contribution in [2.45, 2.75) is 44.4 Å². The fourth-order valence-electron chi connectivity index (χ4n) is 7.52. The average Bonchev–Trinajstić information content (AvgIpc) is 1.14. The van der Waals surface area contributed by atoms with E-state index < -0.39 is 66.6 Å². The van der Waals surface area contributed by atoms with Gasteiger partial charge in [0.05, 0.1) is 157 Å². The van der Waals surface area contributed by atoms with Crippen LogP contribution in [0.25, 0.3) is 11.6 Å². The molecule has 0 radical (unpaired) electrons. The van der Waals surface area contributed by atoms with Gasteiger partial charge in [-0.25, -0.2) is 18.8 Å². The first-order chi connectivity index (χ1) is 41.3. The zero-order valence-corrected chi connectivity index (χ0v) is 49.7. The molecule has 33 heteroatoms. The number of carbonyl (C=O) groups excluding carboxylic acids is 3. The van der Waals surface area contributed by atoms with Crippen LogP contribution < -0.4 is 21.5 Å². The highest BCUT2D eigenvalue weighted by Gasteiger charge is 2.36. The number of hydroxylamine groups is 2. The first-order valence-electron chi connectivity index (χ1n) is 27.5. The summed E-state index contributed by atoms with van der Waals surface area (Å²) >= 11 is 0. The van der Waals surface area contributed by atoms with Gasteiger partial charge in [-0.2, -0.15) is 34.3 Å². The Labute approximate surface area is 497 Å². The number of carbonyl (C=O) groups is 3. The molecule has 6 N–H and O–H groups in total. The lowest BCUT2D eigenvalue weighted by atomic mass is 10.0. The number of benzene rings is 2. The molecule has 27 nitrogen and oxygen atoms in total. The number of hydrogen-bond donors (Lipinski definition) is 4. The van der Waals surface area contributed by atoms with Crippen molar-refractivity contribution in [2.75, 3.05) is 165 Å². The fourth-order valence-corrected chi connectivity index (χ4v) is 9.33. The number of esters is 1. The lowest BCUT2D eigenvalue weighted by molar-refractivity contribution is -0.180. The third-order valence-electron chi connectivity index (χ3n) is 11.8. The monoisotopic (exact) mass is 1270 g/mol. The van der Waals surface area contributed by atoms with Crippen molar-refractivity contribution in [1.82, 2.24) is 14.7 Å². The largest absolute Gasteiger partial charge is 0.420 e. The summed E-state index contributed by atoms with van der Waals surface area (Å²) in [7, 11) is -9.68. The van der Waals surface area contributed by atoms with Crippen LogP contribution in [0.2, 0.25) is 0 Å². The molecule has 2 heterocycles. The number of amides is 2. The average molecular weight is 1270 g/mol. The van der Waals surface area contributed by atoms with Gasteiger partial charge in [0, 0.05) is 67.8 Å². The maximum absolute atomic E-state index is 14.0. The second kappa shape index (κ2) is 40.0. The van der Waals surface area contributed by atoms with Crippen molar-refractivity contribution < 1.29 is 110 Å². The molecule has 0 unspecified atom stereocenters. The normalized spacial score (nSPS) is 14.2. The number of fused-ring (bicyclic) bond motifs is 1. The Morgan fingerprint density at radius 2 is 1.19 bits per heavy atom. The fraction of sp³-hybridized carbons (Fsp3) is 0.604. The highest BCUT2D eigenvalue weighted by molar-refractivity contribution is 7.88. The first-order valence-corrected chi connectivity index (χ1v) is 30.3. The van der Waals surface area contributed by atoms with Crippen LogP contribution in [0.5, 0.6) is 5.75 Å². The molecule has 0 bridgehead atoms. The zero-order valence-electron chi connectivity index (χ0n) is 48.0. The van der Waals surface area contributed by atoms with Crippen LogP contribution in [0, 0.1) is 29.2 Å². The maximum atomic E-state index is 14.0. The maximum Gasteiger partial charge on any atom is 0.322 e. The molecule has 2 aromatic rings. The second-order valence-electron chi connectivity index (χ2n) is 18.4. The summed E-state index contributed by atoms with van der Waals surface area (Å²) in [6.45, 7) is 10.5. The van der Waals surface area contributed by atoms with Crippen LogP contribution in [0.1, 0.15) is 50.7 Å². The Hall–Kier alpha value is -5.63. The van der Waals surface area contributed by atoms with E-state index in [4.69, 9.17) is 68.2 Å². The number of nitrogens with one attached hydrogen (secondary N) is 1. The topological polar surface area (TPSA) is 346 Å². The molecule has 0 aliphatic carbocycles. The minimum atomic E-state index is -5.66. The van der Waals surface area contributed by atoms with Gasteiger partial charge < -0.3 is 68.9 Å². The summed E-state index contributed by atoms with van der Waals surface area (Å²) in [6, 6.07) is 5.15. The highest BCUT2D eigenvalue weighted by Crippen LogP contribution is 2.33. The molecule has 86 heavy (non-hydrogen) atoms. The minimum Gasteiger partial charge on any atom is -0.420 e. The second-order valence-corrected chi connectivity index (χ2v) is 21.3. The smallest absolute Gasteiger partial charge is 0.322 e. The van der Waals surface area contributed by atoms with Gasteiger partial charge in [0.15, 0.2) is 16.5 Å².